The molecular formula is C18H23FN2O2. The molecule has 23 heavy (non-hydrogen) atoms. The van der Waals surface area contributed by atoms with Crippen LogP contribution in [0.25, 0.3) is 0 Å². The van der Waals surface area contributed by atoms with E-state index < -0.39 is 5.41 Å². The Morgan fingerprint density at radius 2 is 1.65 bits per heavy atom. The van der Waals surface area contributed by atoms with Crippen molar-refractivity contribution in [1.82, 2.24) is 10.2 Å². The van der Waals surface area contributed by atoms with Crippen LogP contribution in [0.1, 0.15) is 44.1 Å². The lowest BCUT2D eigenvalue weighted by Crippen LogP contribution is -2.45. The second-order valence-corrected chi connectivity index (χ2v) is 6.60. The van der Waals surface area contributed by atoms with Gasteiger partial charge < -0.3 is 10.2 Å². The van der Waals surface area contributed by atoms with Crippen molar-refractivity contribution in [3.05, 3.63) is 35.6 Å². The van der Waals surface area contributed by atoms with E-state index in [9.17, 15) is 14.0 Å². The molecule has 2 fully saturated rings. The molecule has 0 atom stereocenters. The maximum Gasteiger partial charge on any atom is 0.238 e. The lowest BCUT2D eigenvalue weighted by molar-refractivity contribution is -0.144. The average Bonchev–Trinajstić information content (AvgIpc) is 3.38. The molecule has 0 unspecified atom stereocenters. The second-order valence-electron chi connectivity index (χ2n) is 6.60. The summed E-state index contributed by atoms with van der Waals surface area (Å²) in [5.41, 5.74) is -0.0116. The van der Waals surface area contributed by atoms with E-state index in [2.05, 4.69) is 5.32 Å². The summed E-state index contributed by atoms with van der Waals surface area (Å²) < 4.78 is 12.9. The van der Waals surface area contributed by atoms with Gasteiger partial charge in [-0.25, -0.2) is 4.39 Å². The Labute approximate surface area is 136 Å². The molecule has 1 aliphatic carbocycles. The third-order valence-electron chi connectivity index (χ3n) is 4.85. The summed E-state index contributed by atoms with van der Waals surface area (Å²) >= 11 is 0. The standard InChI is InChI=1S/C18H23FN2O2/c19-15-7-5-14(6-8-15)13-20-16(22)18(9-10-18)17(23)21-11-3-1-2-4-12-21/h5-8H,1-4,9-13H2,(H,20,22). The zero-order valence-corrected chi connectivity index (χ0v) is 13.3. The molecule has 1 aromatic rings. The number of rotatable bonds is 4. The van der Waals surface area contributed by atoms with Crippen LogP contribution in [0.5, 0.6) is 0 Å². The number of nitrogens with zero attached hydrogens (tertiary/aromatic N) is 1. The molecule has 1 N–H and O–H groups in total. The van der Waals surface area contributed by atoms with E-state index in [1.54, 1.807) is 12.1 Å². The summed E-state index contributed by atoms with van der Waals surface area (Å²) in [7, 11) is 0. The Hall–Kier alpha value is -1.91. The van der Waals surface area contributed by atoms with E-state index in [0.717, 1.165) is 44.3 Å². The van der Waals surface area contributed by atoms with Gasteiger partial charge in [0.2, 0.25) is 11.8 Å². The van der Waals surface area contributed by atoms with Gasteiger partial charge in [-0.05, 0) is 43.4 Å². The molecule has 2 amide bonds. The number of hydrogen-bond acceptors (Lipinski definition) is 2. The van der Waals surface area contributed by atoms with Crippen LogP contribution in [0.15, 0.2) is 24.3 Å². The molecule has 1 saturated carbocycles. The maximum absolute atomic E-state index is 12.9. The highest BCUT2D eigenvalue weighted by atomic mass is 19.1. The summed E-state index contributed by atoms with van der Waals surface area (Å²) in [6.45, 7) is 1.87. The van der Waals surface area contributed by atoms with Crippen molar-refractivity contribution in [1.29, 1.82) is 0 Å². The van der Waals surface area contributed by atoms with E-state index >= 15 is 0 Å². The monoisotopic (exact) mass is 318 g/mol. The fourth-order valence-electron chi connectivity index (χ4n) is 3.19. The fraction of sp³-hybridized carbons (Fsp3) is 0.556. The number of nitrogens with one attached hydrogen (secondary N) is 1. The topological polar surface area (TPSA) is 49.4 Å². The quantitative estimate of drug-likeness (QED) is 0.868. The zero-order chi connectivity index (χ0) is 16.3. The van der Waals surface area contributed by atoms with Crippen LogP contribution in [0.3, 0.4) is 0 Å². The SMILES string of the molecule is O=C(NCc1ccc(F)cc1)C1(C(=O)N2CCCCCC2)CC1. The molecular weight excluding hydrogens is 295 g/mol. The molecule has 0 bridgehead atoms. The first-order chi connectivity index (χ1) is 11.1. The Bertz CT molecular complexity index is 573. The van der Waals surface area contributed by atoms with Gasteiger partial charge in [0.1, 0.15) is 11.2 Å². The number of carbonyl (C=O) groups excluding carboxylic acids is 2. The number of likely N-dealkylation sites (tertiary alicyclic amines) is 1. The molecule has 1 aliphatic heterocycles. The molecule has 2 aliphatic rings. The van der Waals surface area contributed by atoms with E-state index in [-0.39, 0.29) is 17.6 Å². The Morgan fingerprint density at radius 1 is 1.04 bits per heavy atom. The van der Waals surface area contributed by atoms with Crippen molar-refractivity contribution in [2.24, 2.45) is 5.41 Å². The van der Waals surface area contributed by atoms with Gasteiger partial charge >= 0.3 is 0 Å². The first-order valence-corrected chi connectivity index (χ1v) is 8.44. The maximum atomic E-state index is 12.9. The largest absolute Gasteiger partial charge is 0.351 e. The summed E-state index contributed by atoms with van der Waals surface area (Å²) in [5.74, 6) is -0.484. The second kappa shape index (κ2) is 6.69. The van der Waals surface area contributed by atoms with Gasteiger partial charge in [0.25, 0.3) is 0 Å². The number of amides is 2. The summed E-state index contributed by atoms with van der Waals surface area (Å²) in [6.07, 6.45) is 5.65. The highest BCUT2D eigenvalue weighted by molar-refractivity contribution is 6.07. The summed E-state index contributed by atoms with van der Waals surface area (Å²) in [5, 5.41) is 2.85. The molecule has 1 heterocycles. The lowest BCUT2D eigenvalue weighted by Gasteiger charge is -2.25. The molecule has 1 saturated heterocycles. The van der Waals surface area contributed by atoms with Crippen LogP contribution in [0.4, 0.5) is 4.39 Å². The van der Waals surface area contributed by atoms with E-state index in [0.29, 0.717) is 19.4 Å². The van der Waals surface area contributed by atoms with Crippen LogP contribution < -0.4 is 5.32 Å². The Balaban J connectivity index is 1.59. The van der Waals surface area contributed by atoms with Gasteiger partial charge in [-0.2, -0.15) is 0 Å². The number of halogens is 1. The Morgan fingerprint density at radius 3 is 2.22 bits per heavy atom. The van der Waals surface area contributed by atoms with Gasteiger partial charge in [-0.3, -0.25) is 9.59 Å². The van der Waals surface area contributed by atoms with E-state index in [1.165, 1.54) is 12.1 Å². The van der Waals surface area contributed by atoms with Crippen LogP contribution in [0.2, 0.25) is 0 Å². The van der Waals surface area contributed by atoms with Crippen molar-refractivity contribution in [3.63, 3.8) is 0 Å². The molecule has 0 radical (unpaired) electrons. The smallest absolute Gasteiger partial charge is 0.238 e. The van der Waals surface area contributed by atoms with Crippen molar-refractivity contribution in [2.45, 2.75) is 45.1 Å². The molecule has 3 rings (SSSR count). The van der Waals surface area contributed by atoms with E-state index in [4.69, 9.17) is 0 Å². The molecule has 4 nitrogen and oxygen atoms in total. The van der Waals surface area contributed by atoms with Crippen LogP contribution in [-0.4, -0.2) is 29.8 Å². The van der Waals surface area contributed by atoms with Crippen LogP contribution >= 0.6 is 0 Å². The molecule has 1 aromatic carbocycles. The van der Waals surface area contributed by atoms with Crippen LogP contribution in [0, 0.1) is 11.2 Å². The van der Waals surface area contributed by atoms with Gasteiger partial charge in [0, 0.05) is 19.6 Å². The summed E-state index contributed by atoms with van der Waals surface area (Å²) in [4.78, 5) is 27.1. The minimum Gasteiger partial charge on any atom is -0.351 e. The third-order valence-corrected chi connectivity index (χ3v) is 4.85. The first-order valence-electron chi connectivity index (χ1n) is 8.44. The minimum absolute atomic E-state index is 0.00370. The Kier molecular flexibility index (Phi) is 4.64. The highest BCUT2D eigenvalue weighted by Gasteiger charge is 2.57. The zero-order valence-electron chi connectivity index (χ0n) is 13.3. The minimum atomic E-state index is -0.843. The van der Waals surface area contributed by atoms with Gasteiger partial charge in [-0.15, -0.1) is 0 Å². The van der Waals surface area contributed by atoms with Crippen molar-refractivity contribution in [2.75, 3.05) is 13.1 Å². The molecule has 0 spiro atoms. The first kappa shape index (κ1) is 16.0. The number of hydrogen-bond donors (Lipinski definition) is 1. The highest BCUT2D eigenvalue weighted by Crippen LogP contribution is 2.47. The van der Waals surface area contributed by atoms with Crippen molar-refractivity contribution >= 4 is 11.8 Å². The van der Waals surface area contributed by atoms with Crippen LogP contribution in [-0.2, 0) is 16.1 Å². The van der Waals surface area contributed by atoms with Gasteiger partial charge in [-0.1, -0.05) is 25.0 Å². The number of benzene rings is 1. The normalized spacial score (nSPS) is 19.8. The predicted octanol–water partition coefficient (Wildman–Crippen LogP) is 2.62. The molecule has 0 aromatic heterocycles. The fourth-order valence-corrected chi connectivity index (χ4v) is 3.19. The third kappa shape index (κ3) is 3.54. The summed E-state index contributed by atoms with van der Waals surface area (Å²) in [6, 6.07) is 6.03. The predicted molar refractivity (Wildman–Crippen MR) is 85.0 cm³/mol. The molecule has 5 heteroatoms. The molecule has 124 valence electrons. The van der Waals surface area contributed by atoms with Crippen molar-refractivity contribution in [3.8, 4) is 0 Å². The van der Waals surface area contributed by atoms with E-state index in [1.807, 2.05) is 4.90 Å². The lowest BCUT2D eigenvalue weighted by atomic mass is 10.0. The van der Waals surface area contributed by atoms with Gasteiger partial charge in [0.15, 0.2) is 0 Å². The van der Waals surface area contributed by atoms with Crippen molar-refractivity contribution < 1.29 is 14.0 Å². The number of carbonyl (C=O) groups is 2. The van der Waals surface area contributed by atoms with Gasteiger partial charge in [0.05, 0.1) is 0 Å². The average molecular weight is 318 g/mol.